The molecule has 28 heavy (non-hydrogen) atoms. The molecular weight excluding hydrogens is 342 g/mol. The lowest BCUT2D eigenvalue weighted by atomic mass is 10.1. The maximum Gasteiger partial charge on any atom is 0.141 e. The predicted octanol–water partition coefficient (Wildman–Crippen LogP) is 6.20. The van der Waals surface area contributed by atoms with Gasteiger partial charge in [-0.05, 0) is 42.5 Å². The van der Waals surface area contributed by atoms with Gasteiger partial charge in [0, 0.05) is 5.56 Å². The number of rotatable bonds is 16. The Bertz CT molecular complexity index is 574. The molecule has 0 aromatic heterocycles. The van der Waals surface area contributed by atoms with Crippen molar-refractivity contribution in [2.24, 2.45) is 0 Å². The molecule has 0 amide bonds. The number of unbranched alkanes of at least 4 members (excludes halogenated alkanes) is 9. The molecule has 0 fully saturated rings. The highest BCUT2D eigenvalue weighted by Crippen LogP contribution is 2.17. The Morgan fingerprint density at radius 2 is 1.29 bits per heavy atom. The van der Waals surface area contributed by atoms with Crippen LogP contribution in [0.4, 0.5) is 0 Å². The van der Waals surface area contributed by atoms with Crippen LogP contribution in [0.2, 0.25) is 0 Å². The fraction of sp³-hybridized carbons (Fsp3) is 0.615. The summed E-state index contributed by atoms with van der Waals surface area (Å²) in [7, 11) is 2.11. The molecule has 1 rings (SSSR count). The van der Waals surface area contributed by atoms with Crippen LogP contribution >= 0.6 is 0 Å². The van der Waals surface area contributed by atoms with Crippen molar-refractivity contribution < 1.29 is 9.22 Å². The number of quaternary nitrogens is 1. The Morgan fingerprint density at radius 3 is 1.79 bits per heavy atom. The minimum Gasteiger partial charge on any atom is -0.494 e. The Hall–Kier alpha value is -1.90. The zero-order chi connectivity index (χ0) is 20.5. The summed E-state index contributed by atoms with van der Waals surface area (Å²) >= 11 is 0. The fourth-order valence-electron chi connectivity index (χ4n) is 3.52. The minimum atomic E-state index is 0.640. The summed E-state index contributed by atoms with van der Waals surface area (Å²) in [5, 5.41) is 0. The van der Waals surface area contributed by atoms with Crippen molar-refractivity contribution >= 4 is 0 Å². The Kier molecular flexibility index (Phi) is 13.0. The molecule has 0 aliphatic heterocycles. The van der Waals surface area contributed by atoms with Gasteiger partial charge in [0.25, 0.3) is 0 Å². The highest BCUT2D eigenvalue weighted by atomic mass is 16.5. The van der Waals surface area contributed by atoms with Crippen LogP contribution < -0.4 is 4.74 Å². The van der Waals surface area contributed by atoms with Gasteiger partial charge in [0.05, 0.1) is 13.7 Å². The van der Waals surface area contributed by atoms with Crippen molar-refractivity contribution in [2.75, 3.05) is 26.7 Å². The average molecular weight is 383 g/mol. The number of hydrogen-bond acceptors (Lipinski definition) is 1. The topological polar surface area (TPSA) is 9.23 Å². The van der Waals surface area contributed by atoms with Gasteiger partial charge < -0.3 is 9.22 Å². The van der Waals surface area contributed by atoms with Crippen LogP contribution in [-0.2, 0) is 6.54 Å². The van der Waals surface area contributed by atoms with Crippen LogP contribution in [0.5, 0.6) is 5.75 Å². The molecule has 2 nitrogen and oxygen atoms in total. The smallest absolute Gasteiger partial charge is 0.141 e. The first-order valence-corrected chi connectivity index (χ1v) is 11.1. The molecule has 154 valence electrons. The van der Waals surface area contributed by atoms with Crippen molar-refractivity contribution in [3.8, 4) is 30.4 Å². The molecule has 0 unspecified atom stereocenters. The van der Waals surface area contributed by atoms with Gasteiger partial charge in [-0.25, -0.2) is 0 Å². The van der Waals surface area contributed by atoms with E-state index in [0.717, 1.165) is 25.3 Å². The maximum absolute atomic E-state index is 5.89. The molecule has 0 aliphatic carbocycles. The van der Waals surface area contributed by atoms with E-state index >= 15 is 0 Å². The van der Waals surface area contributed by atoms with Crippen LogP contribution in [-0.4, -0.2) is 31.2 Å². The second-order valence-electron chi connectivity index (χ2n) is 8.18. The van der Waals surface area contributed by atoms with E-state index in [4.69, 9.17) is 17.6 Å². The van der Waals surface area contributed by atoms with Crippen molar-refractivity contribution in [2.45, 2.75) is 77.7 Å². The monoisotopic (exact) mass is 382 g/mol. The van der Waals surface area contributed by atoms with Gasteiger partial charge in [0.15, 0.2) is 0 Å². The molecule has 1 aromatic carbocycles. The van der Waals surface area contributed by atoms with E-state index in [9.17, 15) is 0 Å². The van der Waals surface area contributed by atoms with E-state index in [-0.39, 0.29) is 0 Å². The molecule has 0 saturated heterocycles. The summed E-state index contributed by atoms with van der Waals surface area (Å²) in [5.74, 6) is 6.43. The molecule has 0 N–H and O–H groups in total. The molecule has 0 radical (unpaired) electrons. The fourth-order valence-corrected chi connectivity index (χ4v) is 3.52. The summed E-state index contributed by atoms with van der Waals surface area (Å²) < 4.78 is 6.56. The van der Waals surface area contributed by atoms with Gasteiger partial charge in [0.2, 0.25) is 0 Å². The largest absolute Gasteiger partial charge is 0.494 e. The first kappa shape index (κ1) is 24.1. The van der Waals surface area contributed by atoms with Crippen molar-refractivity contribution in [1.82, 2.24) is 0 Å². The first-order valence-electron chi connectivity index (χ1n) is 11.1. The summed E-state index contributed by atoms with van der Waals surface area (Å²) in [6.07, 6.45) is 24.4. The molecule has 0 aliphatic rings. The van der Waals surface area contributed by atoms with E-state index in [1.54, 1.807) is 0 Å². The van der Waals surface area contributed by atoms with E-state index < -0.39 is 0 Å². The van der Waals surface area contributed by atoms with E-state index in [1.807, 2.05) is 0 Å². The summed E-state index contributed by atoms with van der Waals surface area (Å²) in [4.78, 5) is 0. The number of benzene rings is 1. The van der Waals surface area contributed by atoms with Gasteiger partial charge in [-0.1, -0.05) is 64.7 Å². The molecule has 0 atom stereocenters. The second kappa shape index (κ2) is 15.1. The normalized spacial score (nSPS) is 11.0. The van der Waals surface area contributed by atoms with Gasteiger partial charge in [0.1, 0.15) is 25.4 Å². The van der Waals surface area contributed by atoms with Gasteiger partial charge in [-0.3, -0.25) is 0 Å². The molecule has 0 spiro atoms. The van der Waals surface area contributed by atoms with Crippen LogP contribution in [0, 0.1) is 24.7 Å². The Balaban J connectivity index is 2.17. The Morgan fingerprint density at radius 1 is 0.786 bits per heavy atom. The highest BCUT2D eigenvalue weighted by molar-refractivity contribution is 5.26. The lowest BCUT2D eigenvalue weighted by molar-refractivity contribution is -0.909. The van der Waals surface area contributed by atoms with Gasteiger partial charge in [-0.2, -0.15) is 0 Å². The molecule has 2 heteroatoms. The van der Waals surface area contributed by atoms with Crippen molar-refractivity contribution in [3.05, 3.63) is 29.8 Å². The predicted molar refractivity (Wildman–Crippen MR) is 121 cm³/mol. The Labute approximate surface area is 174 Å². The second-order valence-corrected chi connectivity index (χ2v) is 8.18. The summed E-state index contributed by atoms with van der Waals surface area (Å²) in [6, 6.07) is 8.36. The lowest BCUT2D eigenvalue weighted by Gasteiger charge is -2.30. The molecular formula is C26H40NO+. The number of nitrogens with zero attached hydrogens (tertiary/aromatic N) is 1. The molecule has 0 heterocycles. The van der Waals surface area contributed by atoms with Crippen LogP contribution in [0.15, 0.2) is 24.3 Å². The SMILES string of the molecule is C#CC[N+](C)(CC#C)Cc1ccc(OCCCCCCCCCCCC)cc1. The van der Waals surface area contributed by atoms with Gasteiger partial charge in [-0.15, -0.1) is 12.8 Å². The third kappa shape index (κ3) is 11.1. The average Bonchev–Trinajstić information content (AvgIpc) is 2.67. The summed E-state index contributed by atoms with van der Waals surface area (Å²) in [5.41, 5.74) is 1.24. The van der Waals surface area contributed by atoms with E-state index in [0.29, 0.717) is 17.6 Å². The maximum atomic E-state index is 5.89. The standard InChI is InChI=1S/C26H40NO/c1-5-8-9-10-11-12-13-14-15-16-23-28-26-19-17-25(18-20-26)24-27(4,21-6-2)22-7-3/h2-3,17-20H,5,8-16,21-24H2,1,4H3/q+1. The summed E-state index contributed by atoms with van der Waals surface area (Å²) in [6.45, 7) is 5.20. The van der Waals surface area contributed by atoms with Crippen molar-refractivity contribution in [3.63, 3.8) is 0 Å². The van der Waals surface area contributed by atoms with Crippen LogP contribution in [0.1, 0.15) is 76.7 Å². The molecule has 0 saturated carbocycles. The first-order chi connectivity index (χ1) is 13.6. The lowest BCUT2D eigenvalue weighted by Crippen LogP contribution is -2.43. The van der Waals surface area contributed by atoms with E-state index in [1.165, 1.54) is 63.4 Å². The zero-order valence-electron chi connectivity index (χ0n) is 18.2. The zero-order valence-corrected chi connectivity index (χ0v) is 18.2. The van der Waals surface area contributed by atoms with Crippen LogP contribution in [0.3, 0.4) is 0 Å². The number of hydrogen-bond donors (Lipinski definition) is 0. The van der Waals surface area contributed by atoms with Crippen LogP contribution in [0.25, 0.3) is 0 Å². The minimum absolute atomic E-state index is 0.640. The molecule has 1 aromatic rings. The van der Waals surface area contributed by atoms with Gasteiger partial charge >= 0.3 is 0 Å². The van der Waals surface area contributed by atoms with E-state index in [2.05, 4.69) is 50.1 Å². The number of terminal acetylenes is 2. The third-order valence-electron chi connectivity index (χ3n) is 5.20. The van der Waals surface area contributed by atoms with Crippen molar-refractivity contribution in [1.29, 1.82) is 0 Å². The quantitative estimate of drug-likeness (QED) is 0.188. The highest BCUT2D eigenvalue weighted by Gasteiger charge is 2.19. The number of ether oxygens (including phenoxy) is 1. The third-order valence-corrected chi connectivity index (χ3v) is 5.20. The molecule has 0 bridgehead atoms.